The van der Waals surface area contributed by atoms with Gasteiger partial charge in [-0.2, -0.15) is 18.0 Å². The first-order chi connectivity index (χ1) is 12.7. The lowest BCUT2D eigenvalue weighted by molar-refractivity contribution is 0.0526. The quantitative estimate of drug-likeness (QED) is 0.486. The van der Waals surface area contributed by atoms with Gasteiger partial charge in [0.1, 0.15) is 5.56 Å². The van der Waals surface area contributed by atoms with Crippen molar-refractivity contribution in [1.29, 1.82) is 0 Å². The van der Waals surface area contributed by atoms with Gasteiger partial charge in [-0.05, 0) is 31.5 Å². The number of anilines is 2. The van der Waals surface area contributed by atoms with Gasteiger partial charge in [0.15, 0.2) is 16.4 Å². The molecule has 0 unspecified atom stereocenters. The zero-order valence-corrected chi connectivity index (χ0v) is 15.9. The van der Waals surface area contributed by atoms with Crippen LogP contribution >= 0.6 is 11.6 Å². The molecule has 0 radical (unpaired) electrons. The molecule has 3 rings (SSSR count). The zero-order valence-electron chi connectivity index (χ0n) is 14.3. The van der Waals surface area contributed by atoms with E-state index < -0.39 is 21.0 Å². The number of carbonyl (C=O) groups is 1. The molecule has 2 heterocycles. The van der Waals surface area contributed by atoms with E-state index in [1.807, 2.05) is 13.0 Å². The molecule has 0 bridgehead atoms. The van der Waals surface area contributed by atoms with Gasteiger partial charge in [0, 0.05) is 6.20 Å². The van der Waals surface area contributed by atoms with Crippen molar-refractivity contribution >= 4 is 44.8 Å². The third-order valence-electron chi connectivity index (χ3n) is 3.65. The second-order valence-electron chi connectivity index (χ2n) is 5.57. The average Bonchev–Trinajstić information content (AvgIpc) is 3.02. The fraction of sp³-hybridized carbons (Fsp3) is 0.188. The molecular weight excluding hydrogens is 396 g/mol. The van der Waals surface area contributed by atoms with Crippen molar-refractivity contribution < 1.29 is 22.5 Å². The Labute approximate surface area is 159 Å². The van der Waals surface area contributed by atoms with E-state index in [0.717, 1.165) is 22.5 Å². The van der Waals surface area contributed by atoms with Crippen LogP contribution < -0.4 is 5.32 Å². The molecule has 142 valence electrons. The van der Waals surface area contributed by atoms with Gasteiger partial charge >= 0.3 is 5.97 Å². The van der Waals surface area contributed by atoms with Crippen molar-refractivity contribution in [3.05, 3.63) is 46.7 Å². The molecule has 0 aliphatic carbocycles. The fourth-order valence-corrected chi connectivity index (χ4v) is 3.25. The molecule has 2 N–H and O–H groups in total. The van der Waals surface area contributed by atoms with E-state index in [2.05, 4.69) is 15.4 Å². The summed E-state index contributed by atoms with van der Waals surface area (Å²) in [6, 6.07) is 5.23. The van der Waals surface area contributed by atoms with E-state index in [4.69, 9.17) is 16.3 Å². The smallest absolute Gasteiger partial charge is 0.343 e. The van der Waals surface area contributed by atoms with Crippen molar-refractivity contribution in [2.24, 2.45) is 0 Å². The monoisotopic (exact) mass is 410 g/mol. The SMILES string of the molecule is CCOC(=O)c1cnc2c(S(=O)(=O)O)cnn2c1Nc1ccc(C)cc1Cl. The highest BCUT2D eigenvalue weighted by molar-refractivity contribution is 7.86. The molecule has 9 nitrogen and oxygen atoms in total. The number of fused-ring (bicyclic) bond motifs is 1. The van der Waals surface area contributed by atoms with Gasteiger partial charge < -0.3 is 10.1 Å². The van der Waals surface area contributed by atoms with E-state index >= 15 is 0 Å². The minimum atomic E-state index is -4.55. The molecule has 1 aromatic carbocycles. The molecule has 0 saturated carbocycles. The first-order valence-corrected chi connectivity index (χ1v) is 9.58. The summed E-state index contributed by atoms with van der Waals surface area (Å²) in [5.74, 6) is -0.583. The average molecular weight is 411 g/mol. The van der Waals surface area contributed by atoms with Crippen LogP contribution in [0.5, 0.6) is 0 Å². The van der Waals surface area contributed by atoms with Crippen LogP contribution in [0.25, 0.3) is 5.65 Å². The van der Waals surface area contributed by atoms with Crippen molar-refractivity contribution in [3.8, 4) is 0 Å². The van der Waals surface area contributed by atoms with Crippen LogP contribution in [0.2, 0.25) is 5.02 Å². The van der Waals surface area contributed by atoms with Crippen LogP contribution in [0.15, 0.2) is 35.5 Å². The summed E-state index contributed by atoms with van der Waals surface area (Å²) in [5.41, 5.74) is 1.26. The largest absolute Gasteiger partial charge is 0.462 e. The van der Waals surface area contributed by atoms with Gasteiger partial charge in [0.25, 0.3) is 10.1 Å². The van der Waals surface area contributed by atoms with Gasteiger partial charge in [-0.1, -0.05) is 17.7 Å². The van der Waals surface area contributed by atoms with Gasteiger partial charge in [-0.15, -0.1) is 0 Å². The van der Waals surface area contributed by atoms with Crippen molar-refractivity contribution in [1.82, 2.24) is 14.6 Å². The first kappa shape index (κ1) is 19.1. The number of halogens is 1. The molecule has 0 atom stereocenters. The van der Waals surface area contributed by atoms with Crippen LogP contribution in [-0.4, -0.2) is 40.1 Å². The Kier molecular flexibility index (Phi) is 5.05. The van der Waals surface area contributed by atoms with E-state index in [1.165, 1.54) is 0 Å². The highest BCUT2D eigenvalue weighted by Gasteiger charge is 2.24. The molecule has 0 aliphatic rings. The number of aryl methyl sites for hydroxylation is 1. The van der Waals surface area contributed by atoms with Crippen LogP contribution in [0.1, 0.15) is 22.8 Å². The normalized spacial score (nSPS) is 11.6. The summed E-state index contributed by atoms with van der Waals surface area (Å²) in [6.07, 6.45) is 2.09. The number of aromatic nitrogens is 3. The second-order valence-corrected chi connectivity index (χ2v) is 7.37. The number of benzene rings is 1. The predicted molar refractivity (Wildman–Crippen MR) is 98.2 cm³/mol. The van der Waals surface area contributed by atoms with Crippen molar-refractivity contribution in [3.63, 3.8) is 0 Å². The summed E-state index contributed by atoms with van der Waals surface area (Å²) in [6.45, 7) is 3.66. The highest BCUT2D eigenvalue weighted by Crippen LogP contribution is 2.29. The number of hydrogen-bond donors (Lipinski definition) is 2. The molecule has 0 aliphatic heterocycles. The van der Waals surface area contributed by atoms with Crippen molar-refractivity contribution in [2.75, 3.05) is 11.9 Å². The lowest BCUT2D eigenvalue weighted by Gasteiger charge is -2.14. The molecule has 0 spiro atoms. The third kappa shape index (κ3) is 3.72. The second kappa shape index (κ2) is 7.14. The summed E-state index contributed by atoms with van der Waals surface area (Å²) in [4.78, 5) is 15.7. The number of rotatable bonds is 5. The van der Waals surface area contributed by atoms with Crippen LogP contribution in [0.3, 0.4) is 0 Å². The maximum atomic E-state index is 12.3. The van der Waals surface area contributed by atoms with Gasteiger partial charge in [0.2, 0.25) is 0 Å². The fourth-order valence-electron chi connectivity index (χ4n) is 2.42. The molecular formula is C16H15ClN4O5S. The Balaban J connectivity index is 2.23. The number of ether oxygens (including phenoxy) is 1. The topological polar surface area (TPSA) is 123 Å². The highest BCUT2D eigenvalue weighted by atomic mass is 35.5. The Morgan fingerprint density at radius 1 is 1.37 bits per heavy atom. The molecule has 2 aromatic heterocycles. The van der Waals surface area contributed by atoms with E-state index in [-0.39, 0.29) is 23.6 Å². The van der Waals surface area contributed by atoms with Crippen LogP contribution in [-0.2, 0) is 14.9 Å². The Morgan fingerprint density at radius 3 is 2.74 bits per heavy atom. The zero-order chi connectivity index (χ0) is 19.8. The Morgan fingerprint density at radius 2 is 2.11 bits per heavy atom. The lowest BCUT2D eigenvalue weighted by atomic mass is 10.2. The minimum absolute atomic E-state index is 0.0194. The number of hydrogen-bond acceptors (Lipinski definition) is 7. The summed E-state index contributed by atoms with van der Waals surface area (Å²) in [7, 11) is -4.55. The van der Waals surface area contributed by atoms with E-state index in [1.54, 1.807) is 19.1 Å². The van der Waals surface area contributed by atoms with Crippen molar-refractivity contribution in [2.45, 2.75) is 18.7 Å². The van der Waals surface area contributed by atoms with E-state index in [0.29, 0.717) is 10.7 Å². The number of nitrogens with zero attached hydrogens (tertiary/aromatic N) is 3. The Hall–Kier alpha value is -2.69. The first-order valence-electron chi connectivity index (χ1n) is 7.77. The Bertz CT molecular complexity index is 1140. The van der Waals surface area contributed by atoms with E-state index in [9.17, 15) is 17.8 Å². The van der Waals surface area contributed by atoms with Gasteiger partial charge in [-0.3, -0.25) is 4.55 Å². The molecule has 0 saturated heterocycles. The number of nitrogens with one attached hydrogen (secondary N) is 1. The molecule has 27 heavy (non-hydrogen) atoms. The standard InChI is InChI=1S/C16H15ClN4O5S/c1-3-26-16(22)10-7-18-15-13(27(23,24)25)8-19-21(15)14(10)20-12-5-4-9(2)6-11(12)17/h4-8,20H,3H2,1-2H3,(H,23,24,25). The minimum Gasteiger partial charge on any atom is -0.462 e. The number of esters is 1. The molecule has 0 fully saturated rings. The maximum absolute atomic E-state index is 12.3. The molecule has 11 heteroatoms. The summed E-state index contributed by atoms with van der Waals surface area (Å²) >= 11 is 6.24. The predicted octanol–water partition coefficient (Wildman–Crippen LogP) is 2.86. The summed E-state index contributed by atoms with van der Waals surface area (Å²) < 4.78 is 38.5. The number of carbonyl (C=O) groups excluding carboxylic acids is 1. The third-order valence-corrected chi connectivity index (χ3v) is 4.80. The van der Waals surface area contributed by atoms with Crippen LogP contribution in [0, 0.1) is 6.92 Å². The molecule has 3 aromatic rings. The van der Waals surface area contributed by atoms with Gasteiger partial charge in [-0.25, -0.2) is 9.78 Å². The van der Waals surface area contributed by atoms with Crippen LogP contribution in [0.4, 0.5) is 11.5 Å². The maximum Gasteiger partial charge on any atom is 0.343 e. The van der Waals surface area contributed by atoms with Gasteiger partial charge in [0.05, 0.1) is 23.5 Å². The molecule has 0 amide bonds. The summed E-state index contributed by atoms with van der Waals surface area (Å²) in [5, 5.41) is 7.29. The lowest BCUT2D eigenvalue weighted by Crippen LogP contribution is -2.13.